The Morgan fingerprint density at radius 3 is 2.56 bits per heavy atom. The third-order valence-electron chi connectivity index (χ3n) is 4.78. The van der Waals surface area contributed by atoms with Crippen molar-refractivity contribution in [3.63, 3.8) is 0 Å². The molecule has 2 rings (SSSR count). The maximum atomic E-state index is 12.8. The maximum absolute atomic E-state index is 12.8. The Hall–Kier alpha value is -2.32. The van der Waals surface area contributed by atoms with Crippen LogP contribution in [0.2, 0.25) is 0 Å². The molecule has 0 saturated carbocycles. The van der Waals surface area contributed by atoms with Crippen LogP contribution in [0.15, 0.2) is 0 Å². The lowest BCUT2D eigenvalue weighted by molar-refractivity contribution is -0.131. The molecule has 2 fully saturated rings. The van der Waals surface area contributed by atoms with Gasteiger partial charge in [-0.1, -0.05) is 6.92 Å². The van der Waals surface area contributed by atoms with Gasteiger partial charge in [0.05, 0.1) is 0 Å². The Labute approximate surface area is 159 Å². The molecule has 9 heteroatoms. The molecule has 4 amide bonds. The first-order valence-corrected chi connectivity index (χ1v) is 9.35. The highest BCUT2D eigenvalue weighted by Crippen LogP contribution is 2.26. The summed E-state index contributed by atoms with van der Waals surface area (Å²) in [7, 11) is 0. The number of carbonyl (C=O) groups is 4. The summed E-state index contributed by atoms with van der Waals surface area (Å²) in [5.41, 5.74) is 4.75. The molecule has 0 aromatic heterocycles. The van der Waals surface area contributed by atoms with Crippen molar-refractivity contribution >= 4 is 23.8 Å². The Morgan fingerprint density at radius 2 is 2.04 bits per heavy atom. The Kier molecular flexibility index (Phi) is 6.33. The minimum atomic E-state index is -0.956. The number of nitrogens with one attached hydrogen (secondary N) is 2. The predicted octanol–water partition coefficient (Wildman–Crippen LogP) is 0.128. The van der Waals surface area contributed by atoms with Crippen molar-refractivity contribution in [2.24, 2.45) is 17.6 Å². The third kappa shape index (κ3) is 5.58. The summed E-state index contributed by atoms with van der Waals surface area (Å²) in [5, 5.41) is 5.33. The molecular formula is C18H30N4O5. The zero-order valence-electron chi connectivity index (χ0n) is 16.4. The molecule has 2 aliphatic rings. The molecule has 4 atom stereocenters. The van der Waals surface area contributed by atoms with Crippen molar-refractivity contribution in [2.75, 3.05) is 13.1 Å². The second-order valence-corrected chi connectivity index (χ2v) is 8.47. The first-order chi connectivity index (χ1) is 12.5. The van der Waals surface area contributed by atoms with Gasteiger partial charge in [-0.3, -0.25) is 19.3 Å². The van der Waals surface area contributed by atoms with Gasteiger partial charge in [-0.25, -0.2) is 4.79 Å². The standard InChI is InChI=1S/C18H30N4O5/c1-10-7-13(22(9-10)17(26)27-18(2,3)4)16(25)21-12(14(19)23)8-11-5-6-20-15(11)24/h10-13H,5-9H2,1-4H3,(H2,19,23)(H,20,24)(H,21,25)/t10-,11+,12+,13+/m1/s1. The molecule has 0 radical (unpaired) electrons. The largest absolute Gasteiger partial charge is 0.444 e. The van der Waals surface area contributed by atoms with E-state index in [0.717, 1.165) is 0 Å². The van der Waals surface area contributed by atoms with Crippen molar-refractivity contribution < 1.29 is 23.9 Å². The Morgan fingerprint density at radius 1 is 1.37 bits per heavy atom. The monoisotopic (exact) mass is 382 g/mol. The fraction of sp³-hybridized carbons (Fsp3) is 0.778. The van der Waals surface area contributed by atoms with Crippen molar-refractivity contribution in [3.8, 4) is 0 Å². The van der Waals surface area contributed by atoms with E-state index in [0.29, 0.717) is 25.9 Å². The van der Waals surface area contributed by atoms with E-state index in [2.05, 4.69) is 10.6 Å². The summed E-state index contributed by atoms with van der Waals surface area (Å²) in [5.74, 6) is -1.51. The van der Waals surface area contributed by atoms with E-state index in [1.54, 1.807) is 20.8 Å². The van der Waals surface area contributed by atoms with Gasteiger partial charge < -0.3 is 21.1 Å². The molecule has 0 bridgehead atoms. The van der Waals surface area contributed by atoms with Crippen LogP contribution in [0.4, 0.5) is 4.79 Å². The third-order valence-corrected chi connectivity index (χ3v) is 4.78. The number of nitrogens with zero attached hydrogens (tertiary/aromatic N) is 1. The first-order valence-electron chi connectivity index (χ1n) is 9.35. The molecule has 2 saturated heterocycles. The summed E-state index contributed by atoms with van der Waals surface area (Å²) in [6.07, 6.45) is 0.670. The number of rotatable bonds is 5. The van der Waals surface area contributed by atoms with Gasteiger partial charge in [-0.15, -0.1) is 0 Å². The lowest BCUT2D eigenvalue weighted by atomic mass is 9.97. The quantitative estimate of drug-likeness (QED) is 0.622. The van der Waals surface area contributed by atoms with Gasteiger partial charge >= 0.3 is 6.09 Å². The van der Waals surface area contributed by atoms with Crippen molar-refractivity contribution in [1.29, 1.82) is 0 Å². The van der Waals surface area contributed by atoms with Gasteiger partial charge in [0.25, 0.3) is 0 Å². The van der Waals surface area contributed by atoms with E-state index < -0.39 is 35.6 Å². The fourth-order valence-corrected chi connectivity index (χ4v) is 3.49. The van der Waals surface area contributed by atoms with Crippen LogP contribution in [0, 0.1) is 11.8 Å². The molecule has 9 nitrogen and oxygen atoms in total. The summed E-state index contributed by atoms with van der Waals surface area (Å²) in [6.45, 7) is 8.17. The fourth-order valence-electron chi connectivity index (χ4n) is 3.49. The van der Waals surface area contributed by atoms with Crippen LogP contribution in [0.1, 0.15) is 47.0 Å². The van der Waals surface area contributed by atoms with E-state index in [1.807, 2.05) is 6.92 Å². The minimum absolute atomic E-state index is 0.126. The number of hydrogen-bond acceptors (Lipinski definition) is 5. The molecule has 0 spiro atoms. The SMILES string of the molecule is C[C@@H]1C[C@@H](C(=O)N[C@@H](C[C@@H]2CCNC2=O)C(N)=O)N(C(=O)OC(C)(C)C)C1. The van der Waals surface area contributed by atoms with Crippen LogP contribution in [0.25, 0.3) is 0 Å². The van der Waals surface area contributed by atoms with Crippen LogP contribution >= 0.6 is 0 Å². The smallest absolute Gasteiger partial charge is 0.410 e. The van der Waals surface area contributed by atoms with Gasteiger partial charge in [0.15, 0.2) is 0 Å². The second-order valence-electron chi connectivity index (χ2n) is 8.47. The highest BCUT2D eigenvalue weighted by molar-refractivity contribution is 5.91. The zero-order chi connectivity index (χ0) is 20.4. The number of carbonyl (C=O) groups excluding carboxylic acids is 4. The van der Waals surface area contributed by atoms with Crippen LogP contribution in [0.3, 0.4) is 0 Å². The number of ether oxygens (including phenoxy) is 1. The molecule has 0 unspecified atom stereocenters. The molecule has 152 valence electrons. The molecule has 0 aromatic rings. The number of hydrogen-bond donors (Lipinski definition) is 3. The second kappa shape index (κ2) is 8.14. The van der Waals surface area contributed by atoms with E-state index in [4.69, 9.17) is 10.5 Å². The van der Waals surface area contributed by atoms with Gasteiger partial charge in [-0.05, 0) is 46.0 Å². The summed E-state index contributed by atoms with van der Waals surface area (Å²) < 4.78 is 5.39. The van der Waals surface area contributed by atoms with Crippen molar-refractivity contribution in [1.82, 2.24) is 15.5 Å². The summed E-state index contributed by atoms with van der Waals surface area (Å²) in [4.78, 5) is 50.1. The Bertz CT molecular complexity index is 615. The van der Waals surface area contributed by atoms with Crippen molar-refractivity contribution in [3.05, 3.63) is 0 Å². The Balaban J connectivity index is 2.05. The molecule has 27 heavy (non-hydrogen) atoms. The topological polar surface area (TPSA) is 131 Å². The van der Waals surface area contributed by atoms with Gasteiger partial charge in [0.2, 0.25) is 17.7 Å². The zero-order valence-corrected chi connectivity index (χ0v) is 16.4. The lowest BCUT2D eigenvalue weighted by Crippen LogP contribution is -2.53. The number of primary amides is 1. The number of amides is 4. The molecular weight excluding hydrogens is 352 g/mol. The van der Waals surface area contributed by atoms with Gasteiger partial charge in [0.1, 0.15) is 17.7 Å². The van der Waals surface area contributed by atoms with Crippen LogP contribution in [-0.2, 0) is 19.1 Å². The van der Waals surface area contributed by atoms with Crippen LogP contribution in [0.5, 0.6) is 0 Å². The predicted molar refractivity (Wildman–Crippen MR) is 97.4 cm³/mol. The molecule has 0 aromatic carbocycles. The van der Waals surface area contributed by atoms with E-state index in [-0.39, 0.29) is 24.2 Å². The molecule has 2 aliphatic heterocycles. The highest BCUT2D eigenvalue weighted by Gasteiger charge is 2.41. The minimum Gasteiger partial charge on any atom is -0.444 e. The van der Waals surface area contributed by atoms with Crippen LogP contribution < -0.4 is 16.4 Å². The van der Waals surface area contributed by atoms with Gasteiger partial charge in [-0.2, -0.15) is 0 Å². The van der Waals surface area contributed by atoms with Crippen LogP contribution in [-0.4, -0.2) is 59.5 Å². The average molecular weight is 382 g/mol. The number of likely N-dealkylation sites (tertiary alicyclic amines) is 1. The normalized spacial score (nSPS) is 26.4. The van der Waals surface area contributed by atoms with Gasteiger partial charge in [0, 0.05) is 19.0 Å². The highest BCUT2D eigenvalue weighted by atomic mass is 16.6. The molecule has 4 N–H and O–H groups in total. The van der Waals surface area contributed by atoms with Crippen molar-refractivity contribution in [2.45, 2.75) is 64.6 Å². The maximum Gasteiger partial charge on any atom is 0.410 e. The average Bonchev–Trinajstić information content (AvgIpc) is 3.11. The summed E-state index contributed by atoms with van der Waals surface area (Å²) in [6, 6.07) is -1.68. The lowest BCUT2D eigenvalue weighted by Gasteiger charge is -2.29. The first kappa shape index (κ1) is 21.0. The van der Waals surface area contributed by atoms with E-state index in [9.17, 15) is 19.2 Å². The van der Waals surface area contributed by atoms with E-state index >= 15 is 0 Å². The number of nitrogens with two attached hydrogens (primary N) is 1. The summed E-state index contributed by atoms with van der Waals surface area (Å²) >= 11 is 0. The molecule has 0 aliphatic carbocycles. The molecule has 2 heterocycles. The van der Waals surface area contributed by atoms with E-state index in [1.165, 1.54) is 4.90 Å².